The Morgan fingerprint density at radius 2 is 0.412 bits per heavy atom. The van der Waals surface area contributed by atoms with Gasteiger partial charge < -0.3 is 28.1 Å². The molecule has 309 valence electrons. The molecule has 0 spiro atoms. The first-order valence-electron chi connectivity index (χ1n) is 23.1. The molecule has 0 aromatic carbocycles. The van der Waals surface area contributed by atoms with Crippen molar-refractivity contribution in [1.82, 2.24) is 0 Å². The molecule has 1 radical (unpaired) electrons. The van der Waals surface area contributed by atoms with Gasteiger partial charge in [-0.1, -0.05) is 259 Å². The van der Waals surface area contributed by atoms with Crippen LogP contribution >= 0.6 is 0 Å². The fourth-order valence-electron chi connectivity index (χ4n) is 6.19. The first-order chi connectivity index (χ1) is 24.2. The van der Waals surface area contributed by atoms with Crippen LogP contribution in [0.3, 0.4) is 0 Å². The van der Waals surface area contributed by atoms with E-state index in [9.17, 15) is 0 Å². The topological polar surface area (TPSA) is 48.4 Å². The molecule has 0 fully saturated rings. The minimum Gasteiger partial charge on any atom is -1.00 e. The molecule has 0 aliphatic rings. The van der Waals surface area contributed by atoms with Gasteiger partial charge in [0.15, 0.2) is 0 Å². The van der Waals surface area contributed by atoms with E-state index in [4.69, 9.17) is 5.11 Å². The number of hydrogen-bond donors (Lipinski definition) is 1. The standard InChI is InChI=1S/2C20H42N.C6H14O.ClH.Ti/c2*1-3-5-7-9-11-13-15-17-19-21-20-18-16-14-12-10-8-6-4-2;1-2-3-4-5-6-7;;/h2*3-20H2,1-2H3;7H,2-6H2,1H3;1H;/q2*-1;;;+3/p-1. The van der Waals surface area contributed by atoms with Gasteiger partial charge in [0.25, 0.3) is 0 Å². The summed E-state index contributed by atoms with van der Waals surface area (Å²) < 4.78 is 0. The van der Waals surface area contributed by atoms with E-state index in [1.54, 1.807) is 0 Å². The number of rotatable bonds is 40. The minimum atomic E-state index is 0. The van der Waals surface area contributed by atoms with Gasteiger partial charge in [-0.2, -0.15) is 0 Å². The van der Waals surface area contributed by atoms with Crippen molar-refractivity contribution in [2.24, 2.45) is 0 Å². The van der Waals surface area contributed by atoms with Gasteiger partial charge in [0.1, 0.15) is 0 Å². The van der Waals surface area contributed by atoms with Crippen molar-refractivity contribution in [2.75, 3.05) is 32.8 Å². The molecule has 0 atom stereocenters. The minimum absolute atomic E-state index is 0. The molecule has 0 aliphatic carbocycles. The normalized spacial score (nSPS) is 10.5. The van der Waals surface area contributed by atoms with Crippen molar-refractivity contribution in [1.29, 1.82) is 0 Å². The molecule has 0 heterocycles. The molecule has 1 N–H and O–H groups in total. The van der Waals surface area contributed by atoms with Gasteiger partial charge in [0.2, 0.25) is 0 Å². The van der Waals surface area contributed by atoms with Crippen molar-refractivity contribution in [3.63, 3.8) is 0 Å². The summed E-state index contributed by atoms with van der Waals surface area (Å²) in [7, 11) is 0. The molecule has 5 heteroatoms. The summed E-state index contributed by atoms with van der Waals surface area (Å²) in [5, 5.41) is 17.6. The van der Waals surface area contributed by atoms with Gasteiger partial charge in [-0.05, 0) is 6.42 Å². The van der Waals surface area contributed by atoms with E-state index >= 15 is 0 Å². The Hall–Kier alpha value is 0.884. The van der Waals surface area contributed by atoms with E-state index in [-0.39, 0.29) is 34.1 Å². The third-order valence-electron chi connectivity index (χ3n) is 9.69. The summed E-state index contributed by atoms with van der Waals surface area (Å²) in [4.78, 5) is 0. The molecule has 0 saturated heterocycles. The molecule has 0 aliphatic heterocycles. The predicted octanol–water partition coefficient (Wildman–Crippen LogP) is 13.8. The molecule has 0 rings (SSSR count). The van der Waals surface area contributed by atoms with Gasteiger partial charge in [-0.15, -0.1) is 26.2 Å². The number of aliphatic hydroxyl groups is 1. The van der Waals surface area contributed by atoms with Gasteiger partial charge in [-0.3, -0.25) is 0 Å². The number of nitrogens with zero attached hydrogens (tertiary/aromatic N) is 2. The van der Waals surface area contributed by atoms with E-state index in [0.29, 0.717) is 6.61 Å². The third-order valence-corrected chi connectivity index (χ3v) is 9.69. The molecule has 0 unspecified atom stereocenters. The van der Waals surface area contributed by atoms with Crippen LogP contribution in [0.25, 0.3) is 10.6 Å². The Morgan fingerprint density at radius 1 is 0.255 bits per heavy atom. The Morgan fingerprint density at radius 3 is 0.588 bits per heavy atom. The molecular formula is C46H98ClN2OTi. The third kappa shape index (κ3) is 72.7. The number of unbranched alkanes of at least 4 members (excludes halogenated alkanes) is 31. The number of hydrogen-bond acceptors (Lipinski definition) is 1. The van der Waals surface area contributed by atoms with Crippen molar-refractivity contribution >= 4 is 0 Å². The van der Waals surface area contributed by atoms with Crippen molar-refractivity contribution in [2.45, 2.75) is 266 Å². The second-order valence-corrected chi connectivity index (χ2v) is 15.0. The smallest absolute Gasteiger partial charge is 1.00 e. The summed E-state index contributed by atoms with van der Waals surface area (Å²) in [6.45, 7) is 16.1. The zero-order valence-electron chi connectivity index (χ0n) is 36.2. The molecule has 3 nitrogen and oxygen atoms in total. The fraction of sp³-hybridized carbons (Fsp3) is 1.00. The summed E-state index contributed by atoms with van der Waals surface area (Å²) >= 11 is 0. The monoisotopic (exact) mass is 778 g/mol. The Labute approximate surface area is 346 Å². The van der Waals surface area contributed by atoms with Crippen LogP contribution in [0.4, 0.5) is 0 Å². The van der Waals surface area contributed by atoms with E-state index in [2.05, 4.69) is 45.3 Å². The van der Waals surface area contributed by atoms with Crippen LogP contribution in [0.15, 0.2) is 0 Å². The Balaban J connectivity index is -0.000000225. The zero-order valence-corrected chi connectivity index (χ0v) is 38.5. The largest absolute Gasteiger partial charge is 3.00 e. The Bertz CT molecular complexity index is 422. The number of aliphatic hydroxyl groups excluding tert-OH is 1. The predicted molar refractivity (Wildman–Crippen MR) is 228 cm³/mol. The van der Waals surface area contributed by atoms with E-state index in [1.807, 2.05) is 0 Å². The van der Waals surface area contributed by atoms with Gasteiger partial charge >= 0.3 is 21.7 Å². The second kappa shape index (κ2) is 65.7. The van der Waals surface area contributed by atoms with Crippen LogP contribution in [-0.4, -0.2) is 37.9 Å². The first kappa shape index (κ1) is 61.1. The van der Waals surface area contributed by atoms with Crippen LogP contribution in [0.1, 0.15) is 266 Å². The van der Waals surface area contributed by atoms with E-state index in [0.717, 1.165) is 32.6 Å². The number of halogens is 1. The van der Waals surface area contributed by atoms with Crippen LogP contribution < -0.4 is 12.4 Å². The van der Waals surface area contributed by atoms with Crippen molar-refractivity contribution < 1.29 is 39.2 Å². The average Bonchev–Trinajstić information content (AvgIpc) is 3.12. The van der Waals surface area contributed by atoms with Crippen LogP contribution in [0.2, 0.25) is 0 Å². The summed E-state index contributed by atoms with van der Waals surface area (Å²) in [6, 6.07) is 0. The maximum absolute atomic E-state index is 8.29. The molecule has 0 saturated carbocycles. The SMILES string of the molecule is CCCCCCCCCC[N-]CCCCCCCCCC.CCCCCCCCCC[N-]CCCCCCCCCC.CCCCCCO.[Cl-].[Ti+3]. The Kier molecular flexibility index (Phi) is 78.8. The molecule has 0 aromatic rings. The summed E-state index contributed by atoms with van der Waals surface area (Å²) in [5.41, 5.74) is 0. The van der Waals surface area contributed by atoms with Gasteiger partial charge in [0, 0.05) is 6.61 Å². The second-order valence-electron chi connectivity index (χ2n) is 15.0. The van der Waals surface area contributed by atoms with Crippen LogP contribution in [-0.2, 0) is 21.7 Å². The molecule has 0 bridgehead atoms. The van der Waals surface area contributed by atoms with E-state index in [1.165, 1.54) is 225 Å². The molecular weight excluding hydrogens is 680 g/mol. The van der Waals surface area contributed by atoms with Crippen LogP contribution in [0, 0.1) is 0 Å². The van der Waals surface area contributed by atoms with Crippen molar-refractivity contribution in [3.8, 4) is 0 Å². The van der Waals surface area contributed by atoms with Gasteiger partial charge in [-0.25, -0.2) is 0 Å². The summed E-state index contributed by atoms with van der Waals surface area (Å²) in [5.74, 6) is 0. The maximum Gasteiger partial charge on any atom is 3.00 e. The fourth-order valence-corrected chi connectivity index (χ4v) is 6.19. The molecule has 0 aromatic heterocycles. The average molecular weight is 779 g/mol. The molecule has 51 heavy (non-hydrogen) atoms. The molecule has 0 amide bonds. The zero-order chi connectivity index (χ0) is 36.4. The van der Waals surface area contributed by atoms with Crippen LogP contribution in [0.5, 0.6) is 0 Å². The van der Waals surface area contributed by atoms with E-state index < -0.39 is 0 Å². The van der Waals surface area contributed by atoms with Crippen molar-refractivity contribution in [3.05, 3.63) is 10.6 Å². The maximum atomic E-state index is 8.29. The summed E-state index contributed by atoms with van der Waals surface area (Å²) in [6.07, 6.45) is 49.7. The first-order valence-corrected chi connectivity index (χ1v) is 23.1. The quantitative estimate of drug-likeness (QED) is 0.0489. The van der Waals surface area contributed by atoms with Gasteiger partial charge in [0.05, 0.1) is 0 Å².